The van der Waals surface area contributed by atoms with Gasteiger partial charge in [0.1, 0.15) is 5.82 Å². The molecular formula is C17H27N3O. The Morgan fingerprint density at radius 2 is 2.10 bits per heavy atom. The first-order chi connectivity index (χ1) is 10.2. The first kappa shape index (κ1) is 15.8. The van der Waals surface area contributed by atoms with Crippen LogP contribution < -0.4 is 5.32 Å². The second-order valence-electron chi connectivity index (χ2n) is 5.89. The smallest absolute Gasteiger partial charge is 0.254 e. The highest BCUT2D eigenvalue weighted by Crippen LogP contribution is 2.29. The van der Waals surface area contributed by atoms with E-state index in [0.29, 0.717) is 6.04 Å². The summed E-state index contributed by atoms with van der Waals surface area (Å²) in [6.07, 6.45) is 5.55. The van der Waals surface area contributed by atoms with Crippen LogP contribution in [0.3, 0.4) is 0 Å². The van der Waals surface area contributed by atoms with E-state index >= 15 is 0 Å². The van der Waals surface area contributed by atoms with E-state index in [4.69, 9.17) is 0 Å². The molecule has 116 valence electrons. The van der Waals surface area contributed by atoms with Crippen molar-refractivity contribution in [1.82, 2.24) is 9.88 Å². The topological polar surface area (TPSA) is 45.2 Å². The number of rotatable bonds is 8. The standard InChI is InChI=1S/C17H27N3O/c1-4-6-10-20(15-7-8-15)17(21)14-11-13(3)19-16(12-14)18-9-5-2/h11-12,15H,4-10H2,1-3H3,(H,18,19). The summed E-state index contributed by atoms with van der Waals surface area (Å²) >= 11 is 0. The summed E-state index contributed by atoms with van der Waals surface area (Å²) in [6.45, 7) is 7.99. The van der Waals surface area contributed by atoms with Crippen LogP contribution in [0.2, 0.25) is 0 Å². The second kappa shape index (κ2) is 7.43. The van der Waals surface area contributed by atoms with Gasteiger partial charge in [0.15, 0.2) is 0 Å². The highest BCUT2D eigenvalue weighted by Gasteiger charge is 2.32. The van der Waals surface area contributed by atoms with Gasteiger partial charge >= 0.3 is 0 Å². The first-order valence-corrected chi connectivity index (χ1v) is 8.19. The molecule has 21 heavy (non-hydrogen) atoms. The minimum absolute atomic E-state index is 0.163. The number of hydrogen-bond donors (Lipinski definition) is 1. The van der Waals surface area contributed by atoms with Gasteiger partial charge in [-0.05, 0) is 44.7 Å². The van der Waals surface area contributed by atoms with Gasteiger partial charge in [0.05, 0.1) is 0 Å². The molecule has 4 heteroatoms. The lowest BCUT2D eigenvalue weighted by Gasteiger charge is -2.22. The van der Waals surface area contributed by atoms with Gasteiger partial charge in [0, 0.05) is 30.4 Å². The third kappa shape index (κ3) is 4.45. The second-order valence-corrected chi connectivity index (χ2v) is 5.89. The van der Waals surface area contributed by atoms with Gasteiger partial charge in [-0.1, -0.05) is 20.3 Å². The van der Waals surface area contributed by atoms with Crippen LogP contribution in [0.25, 0.3) is 0 Å². The van der Waals surface area contributed by atoms with Gasteiger partial charge in [-0.25, -0.2) is 4.98 Å². The molecule has 0 saturated heterocycles. The Labute approximate surface area is 127 Å². The first-order valence-electron chi connectivity index (χ1n) is 8.19. The van der Waals surface area contributed by atoms with Crippen LogP contribution in [0.4, 0.5) is 5.82 Å². The quantitative estimate of drug-likeness (QED) is 0.795. The number of nitrogens with one attached hydrogen (secondary N) is 1. The molecule has 1 fully saturated rings. The van der Waals surface area contributed by atoms with Gasteiger partial charge in [0.2, 0.25) is 0 Å². The Bertz CT molecular complexity index is 483. The van der Waals surface area contributed by atoms with Crippen LogP contribution in [-0.4, -0.2) is 34.9 Å². The SMILES string of the molecule is CCCCN(C(=O)c1cc(C)nc(NCCC)c1)C1CC1. The van der Waals surface area contributed by atoms with Crippen molar-refractivity contribution in [2.75, 3.05) is 18.4 Å². The van der Waals surface area contributed by atoms with Crippen LogP contribution in [0.5, 0.6) is 0 Å². The maximum atomic E-state index is 12.8. The van der Waals surface area contributed by atoms with Gasteiger partial charge in [-0.15, -0.1) is 0 Å². The summed E-state index contributed by atoms with van der Waals surface area (Å²) in [6, 6.07) is 4.26. The van der Waals surface area contributed by atoms with Gasteiger partial charge in [-0.3, -0.25) is 4.79 Å². The lowest BCUT2D eigenvalue weighted by molar-refractivity contribution is 0.0740. The van der Waals surface area contributed by atoms with E-state index in [0.717, 1.165) is 62.3 Å². The van der Waals surface area contributed by atoms with Crippen molar-refractivity contribution in [3.8, 4) is 0 Å². The minimum Gasteiger partial charge on any atom is -0.370 e. The zero-order chi connectivity index (χ0) is 15.2. The predicted octanol–water partition coefficient (Wildman–Crippen LogP) is 3.62. The van der Waals surface area contributed by atoms with E-state index in [1.807, 2.05) is 19.1 Å². The maximum absolute atomic E-state index is 12.8. The fraction of sp³-hybridized carbons (Fsp3) is 0.647. The molecule has 1 N–H and O–H groups in total. The molecule has 1 amide bonds. The molecule has 0 unspecified atom stereocenters. The molecule has 0 radical (unpaired) electrons. The Morgan fingerprint density at radius 3 is 2.71 bits per heavy atom. The summed E-state index contributed by atoms with van der Waals surface area (Å²) in [5.74, 6) is 0.974. The number of carbonyl (C=O) groups excluding carboxylic acids is 1. The molecule has 0 aliphatic heterocycles. The molecule has 1 aromatic rings. The Balaban J connectivity index is 2.14. The Kier molecular flexibility index (Phi) is 5.59. The van der Waals surface area contributed by atoms with Gasteiger partial charge in [0.25, 0.3) is 5.91 Å². The van der Waals surface area contributed by atoms with E-state index in [-0.39, 0.29) is 5.91 Å². The fourth-order valence-electron chi connectivity index (χ4n) is 2.47. The van der Waals surface area contributed by atoms with Gasteiger partial charge < -0.3 is 10.2 Å². The number of amides is 1. The van der Waals surface area contributed by atoms with Crippen molar-refractivity contribution >= 4 is 11.7 Å². The zero-order valence-electron chi connectivity index (χ0n) is 13.5. The van der Waals surface area contributed by atoms with Crippen LogP contribution in [0, 0.1) is 6.92 Å². The number of aromatic nitrogens is 1. The molecule has 4 nitrogen and oxygen atoms in total. The lowest BCUT2D eigenvalue weighted by atomic mass is 10.1. The molecule has 0 bridgehead atoms. The third-order valence-electron chi connectivity index (χ3n) is 3.76. The molecule has 1 aliphatic rings. The average Bonchev–Trinajstić information content (AvgIpc) is 3.29. The van der Waals surface area contributed by atoms with Crippen molar-refractivity contribution in [2.24, 2.45) is 0 Å². The number of anilines is 1. The monoisotopic (exact) mass is 289 g/mol. The summed E-state index contributed by atoms with van der Waals surface area (Å²) < 4.78 is 0. The third-order valence-corrected chi connectivity index (χ3v) is 3.76. The highest BCUT2D eigenvalue weighted by atomic mass is 16.2. The zero-order valence-corrected chi connectivity index (χ0v) is 13.5. The fourth-order valence-corrected chi connectivity index (χ4v) is 2.47. The van der Waals surface area contributed by atoms with Crippen molar-refractivity contribution in [3.05, 3.63) is 23.4 Å². The Morgan fingerprint density at radius 1 is 1.33 bits per heavy atom. The Hall–Kier alpha value is -1.58. The van der Waals surface area contributed by atoms with Crippen LogP contribution in [-0.2, 0) is 0 Å². The minimum atomic E-state index is 0.163. The van der Waals surface area contributed by atoms with E-state index in [1.165, 1.54) is 0 Å². The van der Waals surface area contributed by atoms with E-state index in [1.54, 1.807) is 0 Å². The summed E-state index contributed by atoms with van der Waals surface area (Å²) in [5, 5.41) is 3.28. The van der Waals surface area contributed by atoms with E-state index in [2.05, 4.69) is 29.0 Å². The largest absolute Gasteiger partial charge is 0.370 e. The van der Waals surface area contributed by atoms with E-state index in [9.17, 15) is 4.79 Å². The summed E-state index contributed by atoms with van der Waals surface area (Å²) in [5.41, 5.74) is 1.66. The predicted molar refractivity (Wildman–Crippen MR) is 86.7 cm³/mol. The highest BCUT2D eigenvalue weighted by molar-refractivity contribution is 5.95. The molecule has 1 saturated carbocycles. The molecule has 0 atom stereocenters. The number of carbonyl (C=O) groups is 1. The van der Waals surface area contributed by atoms with E-state index < -0.39 is 0 Å². The molecule has 1 aromatic heterocycles. The number of aryl methyl sites for hydroxylation is 1. The number of unbranched alkanes of at least 4 members (excludes halogenated alkanes) is 1. The van der Waals surface area contributed by atoms with Crippen molar-refractivity contribution in [2.45, 2.75) is 58.9 Å². The van der Waals surface area contributed by atoms with Crippen LogP contribution >= 0.6 is 0 Å². The van der Waals surface area contributed by atoms with Crippen molar-refractivity contribution in [1.29, 1.82) is 0 Å². The molecule has 0 spiro atoms. The maximum Gasteiger partial charge on any atom is 0.254 e. The molecule has 1 aliphatic carbocycles. The number of nitrogens with zero attached hydrogens (tertiary/aromatic N) is 2. The summed E-state index contributed by atoms with van der Waals surface area (Å²) in [7, 11) is 0. The van der Waals surface area contributed by atoms with Crippen LogP contribution in [0.1, 0.15) is 62.0 Å². The molecular weight excluding hydrogens is 262 g/mol. The average molecular weight is 289 g/mol. The van der Waals surface area contributed by atoms with Gasteiger partial charge in [-0.2, -0.15) is 0 Å². The van der Waals surface area contributed by atoms with Crippen molar-refractivity contribution < 1.29 is 4.79 Å². The lowest BCUT2D eigenvalue weighted by Crippen LogP contribution is -2.34. The van der Waals surface area contributed by atoms with Crippen LogP contribution in [0.15, 0.2) is 12.1 Å². The van der Waals surface area contributed by atoms with Crippen molar-refractivity contribution in [3.63, 3.8) is 0 Å². The number of hydrogen-bond acceptors (Lipinski definition) is 3. The molecule has 2 rings (SSSR count). The molecule has 1 heterocycles. The number of pyridine rings is 1. The molecule has 0 aromatic carbocycles. The normalized spacial score (nSPS) is 14.0. The summed E-state index contributed by atoms with van der Waals surface area (Å²) in [4.78, 5) is 19.3.